The van der Waals surface area contributed by atoms with Gasteiger partial charge in [0.25, 0.3) is 0 Å². The van der Waals surface area contributed by atoms with Crippen molar-refractivity contribution in [1.82, 2.24) is 0 Å². The van der Waals surface area contributed by atoms with Crippen molar-refractivity contribution in [2.24, 2.45) is 11.3 Å². The van der Waals surface area contributed by atoms with Crippen LogP contribution < -0.4 is 0 Å². The van der Waals surface area contributed by atoms with Crippen molar-refractivity contribution >= 4 is 0 Å². The Hall–Kier alpha value is -0.0400. The third-order valence-corrected chi connectivity index (χ3v) is 4.41. The van der Waals surface area contributed by atoms with Gasteiger partial charge in [0.2, 0.25) is 0 Å². The van der Waals surface area contributed by atoms with Gasteiger partial charge in [0.05, 0.1) is 5.60 Å². The maximum Gasteiger partial charge on any atom is 0.0704 e. The highest BCUT2D eigenvalue weighted by molar-refractivity contribution is 5.02. The van der Waals surface area contributed by atoms with Gasteiger partial charge in [0.1, 0.15) is 0 Å². The van der Waals surface area contributed by atoms with E-state index in [1.807, 2.05) is 7.11 Å². The SMILES string of the molecule is COC12CCC(C)(CC1)CC2C. The second-order valence-corrected chi connectivity index (χ2v) is 5.18. The van der Waals surface area contributed by atoms with Crippen molar-refractivity contribution in [1.29, 1.82) is 0 Å². The van der Waals surface area contributed by atoms with E-state index in [1.165, 1.54) is 32.1 Å². The molecule has 0 N–H and O–H groups in total. The van der Waals surface area contributed by atoms with Crippen LogP contribution in [0, 0.1) is 11.3 Å². The minimum Gasteiger partial charge on any atom is -0.378 e. The first-order chi connectivity index (χ1) is 5.60. The standard InChI is InChI=1S/C11H20O/c1-9-8-10(2)4-6-11(9,12-3)7-5-10/h9H,4-8H2,1-3H3. The Bertz CT molecular complexity index is 177. The fourth-order valence-electron chi connectivity index (χ4n) is 3.30. The van der Waals surface area contributed by atoms with Crippen molar-refractivity contribution in [3.63, 3.8) is 0 Å². The van der Waals surface area contributed by atoms with Crippen molar-refractivity contribution in [2.45, 2.75) is 51.6 Å². The maximum atomic E-state index is 5.72. The largest absolute Gasteiger partial charge is 0.378 e. The summed E-state index contributed by atoms with van der Waals surface area (Å²) < 4.78 is 5.72. The summed E-state index contributed by atoms with van der Waals surface area (Å²) in [4.78, 5) is 0. The molecule has 1 heteroatoms. The van der Waals surface area contributed by atoms with E-state index < -0.39 is 0 Å². The van der Waals surface area contributed by atoms with Gasteiger partial charge in [0.15, 0.2) is 0 Å². The molecule has 3 aliphatic rings. The molecule has 0 saturated heterocycles. The highest BCUT2D eigenvalue weighted by Gasteiger charge is 2.50. The Labute approximate surface area is 75.5 Å². The van der Waals surface area contributed by atoms with Crippen LogP contribution in [0.3, 0.4) is 0 Å². The summed E-state index contributed by atoms with van der Waals surface area (Å²) in [6.45, 7) is 4.81. The van der Waals surface area contributed by atoms with Crippen molar-refractivity contribution in [3.05, 3.63) is 0 Å². The van der Waals surface area contributed by atoms with Crippen LogP contribution in [0.25, 0.3) is 0 Å². The third-order valence-electron chi connectivity index (χ3n) is 4.41. The lowest BCUT2D eigenvalue weighted by molar-refractivity contribution is -0.148. The van der Waals surface area contributed by atoms with Crippen LogP contribution in [0.4, 0.5) is 0 Å². The van der Waals surface area contributed by atoms with Crippen LogP contribution >= 0.6 is 0 Å². The van der Waals surface area contributed by atoms with Gasteiger partial charge in [-0.2, -0.15) is 0 Å². The second kappa shape index (κ2) is 2.47. The number of methoxy groups -OCH3 is 1. The smallest absolute Gasteiger partial charge is 0.0704 e. The molecule has 12 heavy (non-hydrogen) atoms. The molecule has 0 heterocycles. The molecule has 0 aromatic carbocycles. The minimum atomic E-state index is 0.262. The first kappa shape index (κ1) is 8.55. The summed E-state index contributed by atoms with van der Waals surface area (Å²) in [5, 5.41) is 0. The van der Waals surface area contributed by atoms with Gasteiger partial charge in [-0.3, -0.25) is 0 Å². The fourth-order valence-corrected chi connectivity index (χ4v) is 3.30. The van der Waals surface area contributed by atoms with Crippen LogP contribution in [0.1, 0.15) is 46.0 Å². The van der Waals surface area contributed by atoms with Gasteiger partial charge >= 0.3 is 0 Å². The van der Waals surface area contributed by atoms with Crippen LogP contribution in [0.5, 0.6) is 0 Å². The van der Waals surface area contributed by atoms with E-state index in [4.69, 9.17) is 4.74 Å². The lowest BCUT2D eigenvalue weighted by Crippen LogP contribution is -2.51. The quantitative estimate of drug-likeness (QED) is 0.585. The zero-order valence-corrected chi connectivity index (χ0v) is 8.52. The highest BCUT2D eigenvalue weighted by atomic mass is 16.5. The Balaban J connectivity index is 2.20. The molecule has 3 aliphatic carbocycles. The first-order valence-corrected chi connectivity index (χ1v) is 5.15. The second-order valence-electron chi connectivity index (χ2n) is 5.18. The molecule has 2 bridgehead atoms. The van der Waals surface area contributed by atoms with E-state index in [0.717, 1.165) is 5.92 Å². The molecule has 1 nitrogen and oxygen atoms in total. The summed E-state index contributed by atoms with van der Waals surface area (Å²) in [6, 6.07) is 0. The molecule has 3 saturated carbocycles. The Morgan fingerprint density at radius 1 is 1.17 bits per heavy atom. The predicted octanol–water partition coefficient (Wildman–Crippen LogP) is 2.99. The molecule has 1 unspecified atom stereocenters. The lowest BCUT2D eigenvalue weighted by Gasteiger charge is -2.55. The van der Waals surface area contributed by atoms with Crippen LogP contribution in [-0.4, -0.2) is 12.7 Å². The number of hydrogen-bond acceptors (Lipinski definition) is 1. The summed E-state index contributed by atoms with van der Waals surface area (Å²) in [6.07, 6.45) is 6.72. The van der Waals surface area contributed by atoms with Gasteiger partial charge in [-0.1, -0.05) is 13.8 Å². The lowest BCUT2D eigenvalue weighted by atomic mass is 9.55. The van der Waals surface area contributed by atoms with E-state index in [0.29, 0.717) is 5.41 Å². The van der Waals surface area contributed by atoms with Crippen molar-refractivity contribution in [2.75, 3.05) is 7.11 Å². The minimum absolute atomic E-state index is 0.262. The first-order valence-electron chi connectivity index (χ1n) is 5.15. The fraction of sp³-hybridized carbons (Fsp3) is 1.00. The van der Waals surface area contributed by atoms with Crippen LogP contribution in [0.15, 0.2) is 0 Å². The Kier molecular flexibility index (Phi) is 1.76. The summed E-state index contributed by atoms with van der Waals surface area (Å²) in [5.41, 5.74) is 0.914. The molecule has 3 rings (SSSR count). The molecule has 3 fully saturated rings. The van der Waals surface area contributed by atoms with Crippen LogP contribution in [0.2, 0.25) is 0 Å². The molecule has 0 aromatic rings. The molecule has 0 aliphatic heterocycles. The number of rotatable bonds is 1. The molecule has 0 aromatic heterocycles. The summed E-state index contributed by atoms with van der Waals surface area (Å²) in [7, 11) is 1.89. The molecular weight excluding hydrogens is 148 g/mol. The Morgan fingerprint density at radius 3 is 2.17 bits per heavy atom. The molecule has 0 radical (unpaired) electrons. The predicted molar refractivity (Wildman–Crippen MR) is 50.1 cm³/mol. The molecule has 0 spiro atoms. The monoisotopic (exact) mass is 168 g/mol. The molecular formula is C11H20O. The van der Waals surface area contributed by atoms with Crippen LogP contribution in [-0.2, 0) is 4.74 Å². The van der Waals surface area contributed by atoms with Gasteiger partial charge in [-0.15, -0.1) is 0 Å². The Morgan fingerprint density at radius 2 is 1.75 bits per heavy atom. The molecule has 1 atom stereocenters. The van der Waals surface area contributed by atoms with E-state index in [-0.39, 0.29) is 5.60 Å². The van der Waals surface area contributed by atoms with E-state index >= 15 is 0 Å². The van der Waals surface area contributed by atoms with Gasteiger partial charge in [-0.05, 0) is 43.4 Å². The third kappa shape index (κ3) is 1.02. The van der Waals surface area contributed by atoms with E-state index in [1.54, 1.807) is 0 Å². The zero-order chi connectivity index (χ0) is 8.82. The average molecular weight is 168 g/mol. The summed E-state index contributed by atoms with van der Waals surface area (Å²) in [5.74, 6) is 0.773. The van der Waals surface area contributed by atoms with Gasteiger partial charge in [-0.25, -0.2) is 0 Å². The topological polar surface area (TPSA) is 9.23 Å². The molecule has 70 valence electrons. The molecule has 0 amide bonds. The summed E-state index contributed by atoms with van der Waals surface area (Å²) >= 11 is 0. The van der Waals surface area contributed by atoms with E-state index in [9.17, 15) is 0 Å². The number of ether oxygens (including phenoxy) is 1. The van der Waals surface area contributed by atoms with Crippen molar-refractivity contribution in [3.8, 4) is 0 Å². The average Bonchev–Trinajstić information content (AvgIpc) is 2.05. The highest BCUT2D eigenvalue weighted by Crippen LogP contribution is 2.55. The maximum absolute atomic E-state index is 5.72. The number of fused-ring (bicyclic) bond motifs is 3. The number of hydrogen-bond donors (Lipinski definition) is 0. The zero-order valence-electron chi connectivity index (χ0n) is 8.52. The van der Waals surface area contributed by atoms with Crippen molar-refractivity contribution < 1.29 is 4.74 Å². The normalized spacial score (nSPS) is 52.8. The van der Waals surface area contributed by atoms with Gasteiger partial charge < -0.3 is 4.74 Å². The van der Waals surface area contributed by atoms with E-state index in [2.05, 4.69) is 13.8 Å². The van der Waals surface area contributed by atoms with Gasteiger partial charge in [0, 0.05) is 7.11 Å².